The summed E-state index contributed by atoms with van der Waals surface area (Å²) in [5.74, 6) is 0.399. The van der Waals surface area contributed by atoms with E-state index in [1.807, 2.05) is 36.1 Å². The average molecular weight is 492 g/mol. The summed E-state index contributed by atoms with van der Waals surface area (Å²) in [7, 11) is 1.59. The van der Waals surface area contributed by atoms with Crippen LogP contribution in [0.3, 0.4) is 0 Å². The second kappa shape index (κ2) is 9.93. The van der Waals surface area contributed by atoms with E-state index in [-0.39, 0.29) is 24.3 Å². The van der Waals surface area contributed by atoms with Crippen molar-refractivity contribution >= 4 is 17.7 Å². The lowest BCUT2D eigenvalue weighted by Crippen LogP contribution is -2.60. The molecule has 0 aromatic heterocycles. The van der Waals surface area contributed by atoms with Crippen LogP contribution < -0.4 is 4.74 Å². The van der Waals surface area contributed by atoms with Crippen LogP contribution in [0.4, 0.5) is 0 Å². The zero-order valence-electron chi connectivity index (χ0n) is 20.9. The normalized spacial score (nSPS) is 21.2. The number of hydrogen-bond donors (Lipinski definition) is 0. The monoisotopic (exact) mass is 491 g/mol. The number of rotatable bonds is 4. The van der Waals surface area contributed by atoms with Crippen molar-refractivity contribution in [2.45, 2.75) is 44.4 Å². The van der Waals surface area contributed by atoms with E-state index in [2.05, 4.69) is 0 Å². The summed E-state index contributed by atoms with van der Waals surface area (Å²) in [5, 5.41) is 0. The van der Waals surface area contributed by atoms with Gasteiger partial charge >= 0.3 is 0 Å². The van der Waals surface area contributed by atoms with E-state index in [9.17, 15) is 14.4 Å². The molecule has 1 atom stereocenters. The van der Waals surface area contributed by atoms with E-state index in [0.717, 1.165) is 31.5 Å². The maximum Gasteiger partial charge on any atom is 0.256 e. The Morgan fingerprint density at radius 2 is 1.42 bits per heavy atom. The molecular weight excluding hydrogens is 458 g/mol. The Balaban J connectivity index is 1.37. The van der Waals surface area contributed by atoms with E-state index >= 15 is 0 Å². The van der Waals surface area contributed by atoms with Crippen LogP contribution in [0.25, 0.3) is 0 Å². The highest BCUT2D eigenvalue weighted by Crippen LogP contribution is 2.39. The third kappa shape index (κ3) is 4.46. The Bertz CT molecular complexity index is 1120. The molecule has 3 saturated heterocycles. The highest BCUT2D eigenvalue weighted by molar-refractivity contribution is 5.99. The largest absolute Gasteiger partial charge is 0.497 e. The highest BCUT2D eigenvalue weighted by atomic mass is 16.5. The fourth-order valence-electron chi connectivity index (χ4n) is 5.51. The molecule has 1 unspecified atom stereocenters. The lowest BCUT2D eigenvalue weighted by Gasteiger charge is -2.44. The Kier molecular flexibility index (Phi) is 6.71. The van der Waals surface area contributed by atoms with Crippen LogP contribution in [0, 0.1) is 6.92 Å². The number of piperidine rings is 1. The Hall–Kier alpha value is -3.39. The summed E-state index contributed by atoms with van der Waals surface area (Å²) in [5.41, 5.74) is 1.29. The summed E-state index contributed by atoms with van der Waals surface area (Å²) in [6.45, 7) is 4.47. The number of nitrogens with zero attached hydrogens (tertiary/aromatic N) is 3. The number of methoxy groups -OCH3 is 1. The Morgan fingerprint density at radius 1 is 0.833 bits per heavy atom. The molecule has 0 aliphatic carbocycles. The summed E-state index contributed by atoms with van der Waals surface area (Å²) in [6.07, 6.45) is 2.88. The van der Waals surface area contributed by atoms with Crippen molar-refractivity contribution in [3.8, 4) is 5.75 Å². The van der Waals surface area contributed by atoms with Gasteiger partial charge in [-0.15, -0.1) is 0 Å². The average Bonchev–Trinajstić information content (AvgIpc) is 3.58. The molecule has 0 radical (unpaired) electrons. The minimum Gasteiger partial charge on any atom is -0.497 e. The van der Waals surface area contributed by atoms with Gasteiger partial charge in [-0.25, -0.2) is 0 Å². The molecule has 3 heterocycles. The van der Waals surface area contributed by atoms with E-state index in [0.29, 0.717) is 42.8 Å². The van der Waals surface area contributed by atoms with E-state index < -0.39 is 11.8 Å². The van der Waals surface area contributed by atoms with Crippen molar-refractivity contribution in [1.82, 2.24) is 14.7 Å². The van der Waals surface area contributed by atoms with Crippen molar-refractivity contribution in [3.63, 3.8) is 0 Å². The Labute approximate surface area is 211 Å². The molecule has 36 heavy (non-hydrogen) atoms. The van der Waals surface area contributed by atoms with Crippen LogP contribution >= 0.6 is 0 Å². The number of hydrogen-bond acceptors (Lipinski definition) is 5. The summed E-state index contributed by atoms with van der Waals surface area (Å²) >= 11 is 0. The van der Waals surface area contributed by atoms with Gasteiger partial charge in [0, 0.05) is 50.1 Å². The number of likely N-dealkylation sites (tertiary alicyclic amines) is 2. The standard InChI is InChI=1S/C28H33N3O5/c1-20-5-7-22(8-6-20)26(33)31-24(27(34)29-15-3-4-16-29)19-36-28(31)13-17-30(18-14-28)25(32)21-9-11-23(35-2)12-10-21/h5-12,24H,3-4,13-19H2,1-2H3. The van der Waals surface area contributed by atoms with Gasteiger partial charge in [-0.05, 0) is 56.2 Å². The van der Waals surface area contributed by atoms with Gasteiger partial charge in [0.05, 0.1) is 13.7 Å². The molecule has 190 valence electrons. The van der Waals surface area contributed by atoms with Crippen LogP contribution in [0.1, 0.15) is 52.0 Å². The van der Waals surface area contributed by atoms with Crippen LogP contribution in [0.5, 0.6) is 5.75 Å². The van der Waals surface area contributed by atoms with E-state index in [4.69, 9.17) is 9.47 Å². The number of aryl methyl sites for hydroxylation is 1. The molecule has 3 aliphatic heterocycles. The molecule has 3 amide bonds. The summed E-state index contributed by atoms with van der Waals surface area (Å²) in [4.78, 5) is 45.8. The maximum absolute atomic E-state index is 13.8. The second-order valence-corrected chi connectivity index (χ2v) is 9.87. The highest BCUT2D eigenvalue weighted by Gasteiger charge is 2.55. The van der Waals surface area contributed by atoms with Crippen molar-refractivity contribution in [3.05, 3.63) is 65.2 Å². The van der Waals surface area contributed by atoms with Gasteiger partial charge in [-0.1, -0.05) is 17.7 Å². The molecular formula is C28H33N3O5. The molecule has 0 bridgehead atoms. The number of carbonyl (C=O) groups is 3. The first-order valence-corrected chi connectivity index (χ1v) is 12.7. The molecule has 0 saturated carbocycles. The topological polar surface area (TPSA) is 79.4 Å². The molecule has 2 aromatic rings. The molecule has 8 nitrogen and oxygen atoms in total. The molecule has 0 N–H and O–H groups in total. The third-order valence-electron chi connectivity index (χ3n) is 7.65. The maximum atomic E-state index is 13.8. The van der Waals surface area contributed by atoms with Gasteiger partial charge < -0.3 is 19.3 Å². The van der Waals surface area contributed by atoms with Crippen LogP contribution in [-0.2, 0) is 9.53 Å². The van der Waals surface area contributed by atoms with Crippen molar-refractivity contribution in [2.24, 2.45) is 0 Å². The van der Waals surface area contributed by atoms with Gasteiger partial charge in [0.1, 0.15) is 17.5 Å². The van der Waals surface area contributed by atoms with E-state index in [1.54, 1.807) is 41.2 Å². The quantitative estimate of drug-likeness (QED) is 0.657. The first-order chi connectivity index (χ1) is 17.4. The fraction of sp³-hybridized carbons (Fsp3) is 0.464. The van der Waals surface area contributed by atoms with Gasteiger partial charge in [0.15, 0.2) is 0 Å². The molecule has 5 rings (SSSR count). The van der Waals surface area contributed by atoms with Gasteiger partial charge in [-0.2, -0.15) is 0 Å². The Morgan fingerprint density at radius 3 is 2.03 bits per heavy atom. The lowest BCUT2D eigenvalue weighted by molar-refractivity contribution is -0.136. The van der Waals surface area contributed by atoms with Crippen molar-refractivity contribution < 1.29 is 23.9 Å². The van der Waals surface area contributed by atoms with E-state index in [1.165, 1.54) is 0 Å². The second-order valence-electron chi connectivity index (χ2n) is 9.87. The molecule has 1 spiro atoms. The van der Waals surface area contributed by atoms with Gasteiger partial charge in [0.25, 0.3) is 11.8 Å². The van der Waals surface area contributed by atoms with Crippen LogP contribution in [0.15, 0.2) is 48.5 Å². The number of ether oxygens (including phenoxy) is 2. The first-order valence-electron chi connectivity index (χ1n) is 12.7. The predicted molar refractivity (Wildman–Crippen MR) is 134 cm³/mol. The number of amides is 3. The molecule has 8 heteroatoms. The van der Waals surface area contributed by atoms with Crippen molar-refractivity contribution in [2.75, 3.05) is 39.9 Å². The minimum atomic E-state index is -0.904. The molecule has 3 fully saturated rings. The van der Waals surface area contributed by atoms with Gasteiger partial charge in [-0.3, -0.25) is 19.3 Å². The van der Waals surface area contributed by atoms with Gasteiger partial charge in [0.2, 0.25) is 5.91 Å². The molecule has 2 aromatic carbocycles. The zero-order valence-corrected chi connectivity index (χ0v) is 20.9. The number of benzene rings is 2. The third-order valence-corrected chi connectivity index (χ3v) is 7.65. The number of carbonyl (C=O) groups excluding carboxylic acids is 3. The first kappa shape index (κ1) is 24.3. The zero-order chi connectivity index (χ0) is 25.3. The minimum absolute atomic E-state index is 0.0402. The molecule has 3 aliphatic rings. The smallest absolute Gasteiger partial charge is 0.256 e. The SMILES string of the molecule is COc1ccc(C(=O)N2CCC3(CC2)OCC(C(=O)N2CCCC2)N3C(=O)c2ccc(C)cc2)cc1. The van der Waals surface area contributed by atoms with Crippen LogP contribution in [-0.4, -0.2) is 84.1 Å². The summed E-state index contributed by atoms with van der Waals surface area (Å²) < 4.78 is 11.5. The lowest BCUT2D eigenvalue weighted by atomic mass is 9.95. The van der Waals surface area contributed by atoms with Crippen LogP contribution in [0.2, 0.25) is 0 Å². The fourth-order valence-corrected chi connectivity index (χ4v) is 5.51. The predicted octanol–water partition coefficient (Wildman–Crippen LogP) is 3.10. The summed E-state index contributed by atoms with van der Waals surface area (Å²) in [6, 6.07) is 13.8. The van der Waals surface area contributed by atoms with Crippen molar-refractivity contribution in [1.29, 1.82) is 0 Å².